The van der Waals surface area contributed by atoms with Gasteiger partial charge in [0.25, 0.3) is 0 Å². The molecule has 188 valence electrons. The average Bonchev–Trinajstić information content (AvgIpc) is 2.86. The largest absolute Gasteiger partial charge is 0.416 e. The summed E-state index contributed by atoms with van der Waals surface area (Å²) in [6.45, 7) is 1.14. The zero-order valence-electron chi connectivity index (χ0n) is 19.2. The number of halogens is 5. The predicted molar refractivity (Wildman–Crippen MR) is 127 cm³/mol. The van der Waals surface area contributed by atoms with Crippen LogP contribution in [0.5, 0.6) is 0 Å². The monoisotopic (exact) mass is 501 g/mol. The summed E-state index contributed by atoms with van der Waals surface area (Å²) in [4.78, 5) is 17.2. The lowest BCUT2D eigenvalue weighted by atomic mass is 9.82. The molecule has 5 rings (SSSR count). The number of anilines is 2. The van der Waals surface area contributed by atoms with Gasteiger partial charge in [0.2, 0.25) is 5.91 Å². The first-order valence-corrected chi connectivity index (χ1v) is 11.7. The van der Waals surface area contributed by atoms with E-state index < -0.39 is 29.5 Å². The van der Waals surface area contributed by atoms with Gasteiger partial charge in [-0.3, -0.25) is 4.79 Å². The molecule has 0 unspecified atom stereocenters. The number of para-hydroxylation sites is 1. The molecule has 1 N–H and O–H groups in total. The van der Waals surface area contributed by atoms with Crippen molar-refractivity contribution in [3.63, 3.8) is 0 Å². The van der Waals surface area contributed by atoms with E-state index in [1.54, 1.807) is 36.4 Å². The molecule has 0 saturated carbocycles. The van der Waals surface area contributed by atoms with E-state index in [1.807, 2.05) is 9.80 Å². The number of carbonyl (C=O) groups is 1. The van der Waals surface area contributed by atoms with Gasteiger partial charge in [-0.15, -0.1) is 0 Å². The molecule has 4 nitrogen and oxygen atoms in total. The number of nitrogens with one attached hydrogen (secondary N) is 1. The Balaban J connectivity index is 1.46. The van der Waals surface area contributed by atoms with Crippen molar-refractivity contribution in [1.82, 2.24) is 5.32 Å². The number of hydrogen-bond acceptors (Lipinski definition) is 3. The molecule has 2 aliphatic heterocycles. The number of carbonyl (C=O) groups excluding carboxylic acids is 1. The Morgan fingerprint density at radius 1 is 0.917 bits per heavy atom. The van der Waals surface area contributed by atoms with Crippen LogP contribution < -0.4 is 15.1 Å². The SMILES string of the molecule is O=C(NCc1ccccc1F)[C@H]1Cc2cc(C(F)(F)F)ccc2N2CCN(c3ccccc3F)C[C@H]12. The Bertz CT molecular complexity index is 1280. The van der Waals surface area contributed by atoms with Crippen molar-refractivity contribution in [3.8, 4) is 0 Å². The smallest absolute Gasteiger partial charge is 0.365 e. The summed E-state index contributed by atoms with van der Waals surface area (Å²) in [5, 5.41) is 2.76. The van der Waals surface area contributed by atoms with E-state index in [-0.39, 0.29) is 24.7 Å². The summed E-state index contributed by atoms with van der Waals surface area (Å²) < 4.78 is 68.8. The lowest BCUT2D eigenvalue weighted by Gasteiger charge is -2.49. The lowest BCUT2D eigenvalue weighted by Crippen LogP contribution is -2.61. The maximum atomic E-state index is 14.5. The Hall–Kier alpha value is -3.62. The molecule has 9 heteroatoms. The van der Waals surface area contributed by atoms with Crippen LogP contribution in [0.1, 0.15) is 16.7 Å². The topological polar surface area (TPSA) is 35.6 Å². The highest BCUT2D eigenvalue weighted by atomic mass is 19.4. The van der Waals surface area contributed by atoms with E-state index in [9.17, 15) is 26.7 Å². The molecule has 2 heterocycles. The standard InChI is InChI=1S/C27H24F5N3O/c28-21-6-2-1-5-17(21)15-33-26(36)20-14-18-13-19(27(30,31)32)9-10-23(18)35-12-11-34(16-25(20)35)24-8-4-3-7-22(24)29/h1-10,13,20,25H,11-12,14-16H2,(H,33,36)/t20-,25+/m0/s1. The number of amides is 1. The molecule has 0 aromatic heterocycles. The van der Waals surface area contributed by atoms with Gasteiger partial charge in [-0.2, -0.15) is 13.2 Å². The molecule has 1 saturated heterocycles. The average molecular weight is 501 g/mol. The van der Waals surface area contributed by atoms with E-state index in [4.69, 9.17) is 0 Å². The quantitative estimate of drug-likeness (QED) is 0.502. The third-order valence-corrected chi connectivity index (χ3v) is 6.98. The zero-order chi connectivity index (χ0) is 25.4. The van der Waals surface area contributed by atoms with E-state index >= 15 is 0 Å². The van der Waals surface area contributed by atoms with Gasteiger partial charge in [0.15, 0.2) is 0 Å². The van der Waals surface area contributed by atoms with E-state index in [2.05, 4.69) is 5.32 Å². The summed E-state index contributed by atoms with van der Waals surface area (Å²) in [6, 6.07) is 15.7. The molecule has 1 fully saturated rings. The van der Waals surface area contributed by atoms with Gasteiger partial charge >= 0.3 is 6.18 Å². The van der Waals surface area contributed by atoms with Gasteiger partial charge in [-0.1, -0.05) is 30.3 Å². The van der Waals surface area contributed by atoms with Crippen LogP contribution in [0.15, 0.2) is 66.7 Å². The summed E-state index contributed by atoms with van der Waals surface area (Å²) in [7, 11) is 0. The van der Waals surface area contributed by atoms with Gasteiger partial charge < -0.3 is 15.1 Å². The van der Waals surface area contributed by atoms with Crippen LogP contribution in [0.4, 0.5) is 33.3 Å². The molecule has 0 spiro atoms. The van der Waals surface area contributed by atoms with Crippen LogP contribution in [0, 0.1) is 17.6 Å². The molecule has 2 atom stereocenters. The van der Waals surface area contributed by atoms with E-state index in [0.29, 0.717) is 42.1 Å². The van der Waals surface area contributed by atoms with Crippen LogP contribution in [-0.2, 0) is 23.9 Å². The van der Waals surface area contributed by atoms with Crippen molar-refractivity contribution in [2.24, 2.45) is 5.92 Å². The van der Waals surface area contributed by atoms with E-state index in [1.165, 1.54) is 18.2 Å². The molecule has 3 aromatic carbocycles. The van der Waals surface area contributed by atoms with Crippen molar-refractivity contribution < 1.29 is 26.7 Å². The zero-order valence-corrected chi connectivity index (χ0v) is 19.2. The number of rotatable bonds is 4. The van der Waals surface area contributed by atoms with Gasteiger partial charge in [-0.05, 0) is 48.4 Å². The Labute approximate surface area is 205 Å². The minimum Gasteiger partial charge on any atom is -0.365 e. The number of fused-ring (bicyclic) bond motifs is 3. The van der Waals surface area contributed by atoms with Gasteiger partial charge in [0, 0.05) is 37.4 Å². The second-order valence-corrected chi connectivity index (χ2v) is 9.12. The van der Waals surface area contributed by atoms with Crippen LogP contribution >= 0.6 is 0 Å². The second kappa shape index (κ2) is 9.44. The highest BCUT2D eigenvalue weighted by Crippen LogP contribution is 2.40. The highest BCUT2D eigenvalue weighted by molar-refractivity contribution is 5.82. The van der Waals surface area contributed by atoms with Crippen molar-refractivity contribution in [1.29, 1.82) is 0 Å². The first-order valence-electron chi connectivity index (χ1n) is 11.7. The fourth-order valence-corrected chi connectivity index (χ4v) is 5.18. The first kappa shape index (κ1) is 24.1. The number of alkyl halides is 3. The number of nitrogens with zero attached hydrogens (tertiary/aromatic N) is 2. The Kier molecular flexibility index (Phi) is 6.32. The molecule has 36 heavy (non-hydrogen) atoms. The van der Waals surface area contributed by atoms with Crippen LogP contribution in [0.25, 0.3) is 0 Å². The fourth-order valence-electron chi connectivity index (χ4n) is 5.18. The summed E-state index contributed by atoms with van der Waals surface area (Å²) in [5.74, 6) is -1.92. The van der Waals surface area contributed by atoms with Crippen molar-refractivity contribution in [2.75, 3.05) is 29.4 Å². The Morgan fingerprint density at radius 2 is 1.64 bits per heavy atom. The molecule has 2 aliphatic rings. The maximum Gasteiger partial charge on any atom is 0.416 e. The third kappa shape index (κ3) is 4.62. The van der Waals surface area contributed by atoms with Crippen molar-refractivity contribution >= 4 is 17.3 Å². The minimum atomic E-state index is -4.50. The van der Waals surface area contributed by atoms with Gasteiger partial charge in [-0.25, -0.2) is 8.78 Å². The normalized spacial score (nSPS) is 19.5. The molecular weight excluding hydrogens is 477 g/mol. The fraction of sp³-hybridized carbons (Fsp3) is 0.296. The molecule has 3 aromatic rings. The van der Waals surface area contributed by atoms with Crippen LogP contribution in [0.3, 0.4) is 0 Å². The number of hydrogen-bond donors (Lipinski definition) is 1. The van der Waals surface area contributed by atoms with Crippen molar-refractivity contribution in [2.45, 2.75) is 25.2 Å². The van der Waals surface area contributed by atoms with Gasteiger partial charge in [0.1, 0.15) is 11.6 Å². The highest BCUT2D eigenvalue weighted by Gasteiger charge is 2.43. The summed E-state index contributed by atoms with van der Waals surface area (Å²) >= 11 is 0. The van der Waals surface area contributed by atoms with Gasteiger partial charge in [0.05, 0.1) is 23.2 Å². The number of piperazine rings is 1. The lowest BCUT2D eigenvalue weighted by molar-refractivity contribution is -0.137. The van der Waals surface area contributed by atoms with E-state index in [0.717, 1.165) is 12.1 Å². The minimum absolute atomic E-state index is 0.0405. The molecular formula is C27H24F5N3O. The summed E-state index contributed by atoms with van der Waals surface area (Å²) in [5.41, 5.74) is 1.05. The second-order valence-electron chi connectivity index (χ2n) is 9.12. The maximum absolute atomic E-state index is 14.5. The third-order valence-electron chi connectivity index (χ3n) is 6.98. The summed E-state index contributed by atoms with van der Waals surface area (Å²) in [6.07, 6.45) is -4.41. The number of benzene rings is 3. The van der Waals surface area contributed by atoms with Crippen molar-refractivity contribution in [3.05, 3.63) is 95.1 Å². The Morgan fingerprint density at radius 3 is 2.36 bits per heavy atom. The molecule has 0 aliphatic carbocycles. The molecule has 0 bridgehead atoms. The van der Waals surface area contributed by atoms with Crippen LogP contribution in [-0.4, -0.2) is 31.6 Å². The molecule has 1 amide bonds. The predicted octanol–water partition coefficient (Wildman–Crippen LogP) is 5.17. The molecule has 0 radical (unpaired) electrons. The van der Waals surface area contributed by atoms with Crippen LogP contribution in [0.2, 0.25) is 0 Å². The first-order chi connectivity index (χ1) is 17.2.